The number of amides is 3. The summed E-state index contributed by atoms with van der Waals surface area (Å²) in [6.45, 7) is 10.6. The van der Waals surface area contributed by atoms with Crippen LogP contribution >= 0.6 is 0 Å². The molecule has 1 aliphatic rings. The summed E-state index contributed by atoms with van der Waals surface area (Å²) in [7, 11) is -2.04. The van der Waals surface area contributed by atoms with Crippen molar-refractivity contribution >= 4 is 32.0 Å². The molecule has 0 spiro atoms. The number of carboxylic acid groups (broad SMARTS) is 1. The maximum Gasteiger partial charge on any atom is 0.326 e. The van der Waals surface area contributed by atoms with Gasteiger partial charge in [-0.15, -0.1) is 0 Å². The van der Waals surface area contributed by atoms with Gasteiger partial charge in [0.15, 0.2) is 8.32 Å². The number of piperazine rings is 1. The second-order valence-corrected chi connectivity index (χ2v) is 14.7. The Hall–Kier alpha value is -2.72. The molecule has 0 radical (unpaired) electrons. The van der Waals surface area contributed by atoms with Crippen LogP contribution in [0.15, 0.2) is 30.3 Å². The van der Waals surface area contributed by atoms with E-state index >= 15 is 0 Å². The van der Waals surface area contributed by atoms with Crippen molar-refractivity contribution in [2.24, 2.45) is 0 Å². The molecule has 0 aromatic heterocycles. The molecule has 33 heavy (non-hydrogen) atoms. The molecule has 9 nitrogen and oxygen atoms in total. The fourth-order valence-electron chi connectivity index (χ4n) is 3.16. The molecule has 3 atom stereocenters. The van der Waals surface area contributed by atoms with Gasteiger partial charge in [0.25, 0.3) is 0 Å². The van der Waals surface area contributed by atoms with Gasteiger partial charge in [0, 0.05) is 19.4 Å². The highest BCUT2D eigenvalue weighted by molar-refractivity contribution is 6.74. The zero-order valence-corrected chi connectivity index (χ0v) is 20.9. The van der Waals surface area contributed by atoms with Crippen molar-refractivity contribution in [3.8, 4) is 0 Å². The van der Waals surface area contributed by atoms with Crippen LogP contribution in [0.1, 0.15) is 39.2 Å². The van der Waals surface area contributed by atoms with Crippen LogP contribution in [0.3, 0.4) is 0 Å². The minimum atomic E-state index is -2.04. The minimum absolute atomic E-state index is 0.0140. The predicted octanol–water partition coefficient (Wildman–Crippen LogP) is 1.58. The van der Waals surface area contributed by atoms with Crippen LogP contribution in [0.25, 0.3) is 0 Å². The first kappa shape index (κ1) is 26.5. The third-order valence-electron chi connectivity index (χ3n) is 6.25. The van der Waals surface area contributed by atoms with E-state index in [0.29, 0.717) is 6.42 Å². The van der Waals surface area contributed by atoms with Gasteiger partial charge in [0.2, 0.25) is 17.7 Å². The third-order valence-corrected chi connectivity index (χ3v) is 10.8. The molecule has 1 heterocycles. The predicted molar refractivity (Wildman–Crippen MR) is 126 cm³/mol. The largest absolute Gasteiger partial charge is 0.480 e. The van der Waals surface area contributed by atoms with E-state index in [1.165, 1.54) is 0 Å². The lowest BCUT2D eigenvalue weighted by Crippen LogP contribution is -2.63. The van der Waals surface area contributed by atoms with Crippen LogP contribution in [0.4, 0.5) is 0 Å². The third kappa shape index (κ3) is 7.67. The summed E-state index contributed by atoms with van der Waals surface area (Å²) in [4.78, 5) is 48.9. The smallest absolute Gasteiger partial charge is 0.326 e. The maximum absolute atomic E-state index is 12.4. The Balaban J connectivity index is 1.87. The van der Waals surface area contributed by atoms with Gasteiger partial charge in [-0.2, -0.15) is 0 Å². The highest BCUT2D eigenvalue weighted by Gasteiger charge is 2.38. The van der Waals surface area contributed by atoms with Crippen molar-refractivity contribution in [1.82, 2.24) is 16.0 Å². The van der Waals surface area contributed by atoms with Crippen molar-refractivity contribution in [3.63, 3.8) is 0 Å². The van der Waals surface area contributed by atoms with E-state index in [4.69, 9.17) is 4.43 Å². The summed E-state index contributed by atoms with van der Waals surface area (Å²) in [6, 6.07) is 6.36. The Labute approximate surface area is 195 Å². The topological polar surface area (TPSA) is 134 Å². The number of carbonyl (C=O) groups is 4. The zero-order chi connectivity index (χ0) is 24.8. The molecule has 0 aliphatic carbocycles. The number of aliphatic carboxylic acids is 1. The molecular formula is C23H35N3O6Si. The summed E-state index contributed by atoms with van der Waals surface area (Å²) >= 11 is 0. The Morgan fingerprint density at radius 3 is 2.24 bits per heavy atom. The SMILES string of the molecule is CC(C)(C)[Si](C)(C)OCC[C@H](NC(=O)C[C@@H]1NC(=O)[C@H](Cc2ccccc2)NC1=O)C(=O)O. The molecule has 0 unspecified atom stereocenters. The standard InChI is InChI=1S/C23H35N3O6Si/c1-23(2,3)33(4,5)32-12-11-16(22(30)31)24-19(27)14-18-21(29)25-17(20(28)26-18)13-15-9-7-6-8-10-15/h6-10,16-18H,11-14H2,1-5H3,(H,24,27)(H,25,29)(H,26,28)(H,30,31)/t16-,17-,18-/m0/s1. The van der Waals surface area contributed by atoms with E-state index in [9.17, 15) is 24.3 Å². The molecule has 1 saturated heterocycles. The monoisotopic (exact) mass is 477 g/mol. The summed E-state index contributed by atoms with van der Waals surface area (Å²) in [6.07, 6.45) is 0.102. The van der Waals surface area contributed by atoms with Gasteiger partial charge in [-0.3, -0.25) is 14.4 Å². The average molecular weight is 478 g/mol. The van der Waals surface area contributed by atoms with Gasteiger partial charge in [-0.25, -0.2) is 4.79 Å². The summed E-state index contributed by atoms with van der Waals surface area (Å²) in [5, 5.41) is 17.1. The van der Waals surface area contributed by atoms with Gasteiger partial charge in [-0.05, 0) is 23.7 Å². The lowest BCUT2D eigenvalue weighted by atomic mass is 10.0. The van der Waals surface area contributed by atoms with Crippen LogP contribution in [-0.2, 0) is 30.0 Å². The second kappa shape index (κ2) is 10.9. The second-order valence-electron chi connectivity index (χ2n) is 9.87. The molecule has 3 amide bonds. The van der Waals surface area contributed by atoms with Crippen molar-refractivity contribution in [1.29, 1.82) is 0 Å². The molecule has 182 valence electrons. The number of hydrogen-bond acceptors (Lipinski definition) is 5. The molecule has 1 aromatic rings. The zero-order valence-electron chi connectivity index (χ0n) is 19.9. The van der Waals surface area contributed by atoms with Gasteiger partial charge < -0.3 is 25.5 Å². The average Bonchev–Trinajstić information content (AvgIpc) is 2.70. The normalized spacial score (nSPS) is 19.9. The number of carboxylic acids is 1. The van der Waals surface area contributed by atoms with E-state index in [1.54, 1.807) is 0 Å². The van der Waals surface area contributed by atoms with Gasteiger partial charge >= 0.3 is 5.97 Å². The van der Waals surface area contributed by atoms with Gasteiger partial charge in [0.05, 0.1) is 6.42 Å². The first-order valence-electron chi connectivity index (χ1n) is 11.1. The molecule has 4 N–H and O–H groups in total. The highest BCUT2D eigenvalue weighted by Crippen LogP contribution is 2.36. The Bertz CT molecular complexity index is 869. The van der Waals surface area contributed by atoms with Crippen molar-refractivity contribution in [2.75, 3.05) is 6.61 Å². The molecule has 0 bridgehead atoms. The number of rotatable bonds is 10. The number of nitrogens with one attached hydrogen (secondary N) is 3. The first-order chi connectivity index (χ1) is 15.3. The van der Waals surface area contributed by atoms with Crippen molar-refractivity contribution in [3.05, 3.63) is 35.9 Å². The van der Waals surface area contributed by atoms with Gasteiger partial charge in [0.1, 0.15) is 18.1 Å². The highest BCUT2D eigenvalue weighted by atomic mass is 28.4. The van der Waals surface area contributed by atoms with Crippen LogP contribution in [0.5, 0.6) is 0 Å². The number of benzene rings is 1. The van der Waals surface area contributed by atoms with Crippen molar-refractivity contribution in [2.45, 2.75) is 76.3 Å². The molecular weight excluding hydrogens is 442 g/mol. The van der Waals surface area contributed by atoms with Crippen LogP contribution in [0, 0.1) is 0 Å². The summed E-state index contributed by atoms with van der Waals surface area (Å²) in [5.74, 6) is -2.66. The molecule has 1 fully saturated rings. The summed E-state index contributed by atoms with van der Waals surface area (Å²) < 4.78 is 6.00. The Morgan fingerprint density at radius 1 is 1.09 bits per heavy atom. The minimum Gasteiger partial charge on any atom is -0.480 e. The van der Waals surface area contributed by atoms with Crippen LogP contribution in [0.2, 0.25) is 18.1 Å². The fourth-order valence-corrected chi connectivity index (χ4v) is 4.22. The molecule has 0 saturated carbocycles. The molecule has 2 rings (SSSR count). The Kier molecular flexibility index (Phi) is 8.79. The van der Waals surface area contributed by atoms with E-state index < -0.39 is 44.2 Å². The van der Waals surface area contributed by atoms with E-state index in [1.807, 2.05) is 30.3 Å². The lowest BCUT2D eigenvalue weighted by molar-refractivity contribution is -0.143. The van der Waals surface area contributed by atoms with Crippen LogP contribution < -0.4 is 16.0 Å². The number of carbonyl (C=O) groups excluding carboxylic acids is 3. The Morgan fingerprint density at radius 2 is 1.67 bits per heavy atom. The van der Waals surface area contributed by atoms with Gasteiger partial charge in [-0.1, -0.05) is 51.1 Å². The van der Waals surface area contributed by atoms with E-state index in [2.05, 4.69) is 49.8 Å². The van der Waals surface area contributed by atoms with E-state index in [-0.39, 0.29) is 30.4 Å². The number of hydrogen-bond donors (Lipinski definition) is 4. The molecule has 1 aliphatic heterocycles. The van der Waals surface area contributed by atoms with Crippen molar-refractivity contribution < 1.29 is 28.7 Å². The van der Waals surface area contributed by atoms with E-state index in [0.717, 1.165) is 5.56 Å². The molecule has 10 heteroatoms. The quantitative estimate of drug-likeness (QED) is 0.378. The molecule has 1 aromatic carbocycles. The maximum atomic E-state index is 12.4. The fraction of sp³-hybridized carbons (Fsp3) is 0.565. The first-order valence-corrected chi connectivity index (χ1v) is 14.0. The van der Waals surface area contributed by atoms with Crippen LogP contribution in [-0.4, -0.2) is 61.8 Å². The summed E-state index contributed by atoms with van der Waals surface area (Å²) in [5.41, 5.74) is 0.901. The lowest BCUT2D eigenvalue weighted by Gasteiger charge is -2.36.